The highest BCUT2D eigenvalue weighted by Crippen LogP contribution is 2.38. The number of imide groups is 1. The van der Waals surface area contributed by atoms with E-state index in [0.717, 1.165) is 23.8 Å². The summed E-state index contributed by atoms with van der Waals surface area (Å²) < 4.78 is 24.4. The Morgan fingerprint density at radius 3 is 2.25 bits per heavy atom. The van der Waals surface area contributed by atoms with Crippen molar-refractivity contribution in [3.05, 3.63) is 39.7 Å². The summed E-state index contributed by atoms with van der Waals surface area (Å²) in [5, 5.41) is -0.0750. The van der Waals surface area contributed by atoms with Crippen molar-refractivity contribution >= 4 is 52.2 Å². The molecular weight excluding hydrogens is 409 g/mol. The standard InChI is InChI=1S/C19H17ClFNO5S/c1-26-15(19(25)27-2)16(28)11-7-14(13(21)8-12(11)20)22-17(23)9-5-3-4-6-10(9)18(22)24/h7-8,15H,3-6H2,1-2H3. The van der Waals surface area contributed by atoms with E-state index in [2.05, 4.69) is 4.74 Å². The predicted octanol–water partition coefficient (Wildman–Crippen LogP) is 3.13. The summed E-state index contributed by atoms with van der Waals surface area (Å²) in [6.07, 6.45) is 1.35. The molecule has 0 bridgehead atoms. The molecule has 2 aliphatic rings. The average molecular weight is 426 g/mol. The zero-order valence-corrected chi connectivity index (χ0v) is 16.8. The number of anilines is 1. The second-order valence-corrected chi connectivity index (χ2v) is 7.24. The molecule has 1 aliphatic carbocycles. The van der Waals surface area contributed by atoms with Gasteiger partial charge in [0, 0.05) is 23.8 Å². The molecular formula is C19H17ClFNO5S. The molecule has 1 aliphatic heterocycles. The van der Waals surface area contributed by atoms with Crippen molar-refractivity contribution in [3.8, 4) is 0 Å². The van der Waals surface area contributed by atoms with Gasteiger partial charge in [-0.2, -0.15) is 0 Å². The maximum absolute atomic E-state index is 14.7. The van der Waals surface area contributed by atoms with Gasteiger partial charge in [0.15, 0.2) is 6.10 Å². The number of nitrogens with zero attached hydrogens (tertiary/aromatic N) is 1. The fourth-order valence-electron chi connectivity index (χ4n) is 3.41. The van der Waals surface area contributed by atoms with Crippen molar-refractivity contribution in [2.45, 2.75) is 31.8 Å². The molecule has 2 amide bonds. The SMILES string of the molecule is COC(=O)C(OC)C(=S)c1cc(N2C(=O)C3=C(CCCC3)C2=O)c(F)cc1Cl. The monoisotopic (exact) mass is 425 g/mol. The molecule has 1 aromatic carbocycles. The summed E-state index contributed by atoms with van der Waals surface area (Å²) in [5.41, 5.74) is 0.708. The lowest BCUT2D eigenvalue weighted by Crippen LogP contribution is -2.34. The number of halogens is 2. The van der Waals surface area contributed by atoms with Crippen LogP contribution >= 0.6 is 23.8 Å². The molecule has 3 rings (SSSR count). The van der Waals surface area contributed by atoms with Gasteiger partial charge in [0.25, 0.3) is 11.8 Å². The van der Waals surface area contributed by atoms with Crippen LogP contribution in [0.4, 0.5) is 10.1 Å². The predicted molar refractivity (Wildman–Crippen MR) is 104 cm³/mol. The normalized spacial score (nSPS) is 17.6. The number of methoxy groups -OCH3 is 2. The quantitative estimate of drug-likeness (QED) is 0.312. The van der Waals surface area contributed by atoms with Crippen LogP contribution in [0.15, 0.2) is 23.3 Å². The van der Waals surface area contributed by atoms with E-state index in [1.54, 1.807) is 0 Å². The molecule has 0 saturated heterocycles. The molecule has 0 N–H and O–H groups in total. The molecule has 0 radical (unpaired) electrons. The first-order valence-electron chi connectivity index (χ1n) is 8.56. The largest absolute Gasteiger partial charge is 0.467 e. The second kappa shape index (κ2) is 8.06. The summed E-state index contributed by atoms with van der Waals surface area (Å²) in [6, 6.07) is 2.16. The molecule has 1 atom stereocenters. The fraction of sp³-hybridized carbons (Fsp3) is 0.368. The maximum atomic E-state index is 14.7. The summed E-state index contributed by atoms with van der Waals surface area (Å²) in [4.78, 5) is 38.1. The van der Waals surface area contributed by atoms with Crippen molar-refractivity contribution in [1.82, 2.24) is 0 Å². The van der Waals surface area contributed by atoms with Crippen molar-refractivity contribution in [2.24, 2.45) is 0 Å². The smallest absolute Gasteiger partial charge is 0.340 e. The van der Waals surface area contributed by atoms with Crippen molar-refractivity contribution < 1.29 is 28.2 Å². The van der Waals surface area contributed by atoms with Crippen LogP contribution in [0, 0.1) is 5.82 Å². The zero-order valence-electron chi connectivity index (χ0n) is 15.2. The summed E-state index contributed by atoms with van der Waals surface area (Å²) in [5.74, 6) is -2.66. The van der Waals surface area contributed by atoms with Gasteiger partial charge in [-0.15, -0.1) is 0 Å². The molecule has 9 heteroatoms. The molecule has 1 unspecified atom stereocenters. The summed E-state index contributed by atoms with van der Waals surface area (Å²) in [7, 11) is 2.43. The van der Waals surface area contributed by atoms with Gasteiger partial charge in [0.05, 0.1) is 22.7 Å². The van der Waals surface area contributed by atoms with Crippen molar-refractivity contribution in [3.63, 3.8) is 0 Å². The number of rotatable bonds is 5. The molecule has 28 heavy (non-hydrogen) atoms. The lowest BCUT2D eigenvalue weighted by molar-refractivity contribution is -0.148. The first-order chi connectivity index (χ1) is 13.3. The lowest BCUT2D eigenvalue weighted by atomic mass is 9.93. The number of hydrogen-bond acceptors (Lipinski definition) is 6. The van der Waals surface area contributed by atoms with Gasteiger partial charge in [0.2, 0.25) is 0 Å². The Balaban J connectivity index is 2.04. The van der Waals surface area contributed by atoms with E-state index >= 15 is 0 Å². The number of carbonyl (C=O) groups is 3. The van der Waals surface area contributed by atoms with Crippen LogP contribution in [0.3, 0.4) is 0 Å². The van der Waals surface area contributed by atoms with Gasteiger partial charge in [-0.05, 0) is 37.8 Å². The topological polar surface area (TPSA) is 72.9 Å². The van der Waals surface area contributed by atoms with Crippen LogP contribution in [0.1, 0.15) is 31.2 Å². The van der Waals surface area contributed by atoms with Crippen LogP contribution in [-0.2, 0) is 23.9 Å². The highest BCUT2D eigenvalue weighted by atomic mass is 35.5. The number of benzene rings is 1. The van der Waals surface area contributed by atoms with Crippen LogP contribution in [0.5, 0.6) is 0 Å². The molecule has 0 fully saturated rings. The molecule has 148 valence electrons. The van der Waals surface area contributed by atoms with Crippen LogP contribution in [-0.4, -0.2) is 43.0 Å². The second-order valence-electron chi connectivity index (χ2n) is 6.40. The number of esters is 1. The Morgan fingerprint density at radius 2 is 1.75 bits per heavy atom. The highest BCUT2D eigenvalue weighted by molar-refractivity contribution is 7.81. The summed E-state index contributed by atoms with van der Waals surface area (Å²) >= 11 is 11.4. The Kier molecular flexibility index (Phi) is 5.92. The van der Waals surface area contributed by atoms with Gasteiger partial charge in [0.1, 0.15) is 5.82 Å². The lowest BCUT2D eigenvalue weighted by Gasteiger charge is -2.20. The van der Waals surface area contributed by atoms with Gasteiger partial charge in [-0.3, -0.25) is 9.59 Å². The van der Waals surface area contributed by atoms with Crippen LogP contribution in [0.25, 0.3) is 0 Å². The minimum Gasteiger partial charge on any atom is -0.467 e. The Labute approximate surface area is 171 Å². The molecule has 0 aromatic heterocycles. The van der Waals surface area contributed by atoms with E-state index < -0.39 is 29.7 Å². The minimum atomic E-state index is -1.24. The maximum Gasteiger partial charge on any atom is 0.340 e. The zero-order chi connectivity index (χ0) is 20.6. The third kappa shape index (κ3) is 3.36. The number of thiocarbonyl (C=S) groups is 1. The Bertz CT molecular complexity index is 901. The molecule has 0 saturated carbocycles. The fourth-order valence-corrected chi connectivity index (χ4v) is 4.08. The number of ether oxygens (including phenoxy) is 2. The molecule has 6 nitrogen and oxygen atoms in total. The average Bonchev–Trinajstić information content (AvgIpc) is 2.93. The van der Waals surface area contributed by atoms with Crippen molar-refractivity contribution in [1.29, 1.82) is 0 Å². The molecule has 1 aromatic rings. The van der Waals surface area contributed by atoms with E-state index in [0.29, 0.717) is 24.0 Å². The molecule has 0 spiro atoms. The van der Waals surface area contributed by atoms with E-state index in [-0.39, 0.29) is 21.1 Å². The van der Waals surface area contributed by atoms with Crippen molar-refractivity contribution in [2.75, 3.05) is 19.1 Å². The van der Waals surface area contributed by atoms with E-state index in [9.17, 15) is 18.8 Å². The van der Waals surface area contributed by atoms with Crippen LogP contribution < -0.4 is 4.90 Å². The first-order valence-corrected chi connectivity index (χ1v) is 9.35. The number of hydrogen-bond donors (Lipinski definition) is 0. The van der Waals surface area contributed by atoms with Gasteiger partial charge in [-0.1, -0.05) is 23.8 Å². The Morgan fingerprint density at radius 1 is 1.18 bits per heavy atom. The third-order valence-electron chi connectivity index (χ3n) is 4.82. The Hall–Kier alpha value is -2.16. The first kappa shape index (κ1) is 20.6. The van der Waals surface area contributed by atoms with Gasteiger partial charge >= 0.3 is 5.97 Å². The van der Waals surface area contributed by atoms with Crippen LogP contribution in [0.2, 0.25) is 5.02 Å². The van der Waals surface area contributed by atoms with E-state index in [4.69, 9.17) is 28.6 Å². The summed E-state index contributed by atoms with van der Waals surface area (Å²) in [6.45, 7) is 0. The minimum absolute atomic E-state index is 0.0441. The van der Waals surface area contributed by atoms with Gasteiger partial charge in [-0.25, -0.2) is 14.1 Å². The van der Waals surface area contributed by atoms with E-state index in [1.807, 2.05) is 0 Å². The highest BCUT2D eigenvalue weighted by Gasteiger charge is 2.41. The van der Waals surface area contributed by atoms with E-state index in [1.165, 1.54) is 20.3 Å². The number of carbonyl (C=O) groups excluding carboxylic acids is 3. The van der Waals surface area contributed by atoms with Gasteiger partial charge < -0.3 is 9.47 Å². The molecule has 1 heterocycles. The third-order valence-corrected chi connectivity index (χ3v) is 5.57. The number of amides is 2.